The van der Waals surface area contributed by atoms with Gasteiger partial charge in [-0.2, -0.15) is 0 Å². The minimum Gasteiger partial charge on any atom is -0.370 e. The van der Waals surface area contributed by atoms with Crippen LogP contribution in [-0.2, 0) is 19.1 Å². The van der Waals surface area contributed by atoms with Crippen molar-refractivity contribution in [2.75, 3.05) is 30.0 Å². The van der Waals surface area contributed by atoms with Crippen LogP contribution in [0.5, 0.6) is 0 Å². The molecule has 1 saturated carbocycles. The number of nitrogens with two attached hydrogens (primary N) is 1. The van der Waals surface area contributed by atoms with E-state index in [0.717, 1.165) is 18.9 Å². The van der Waals surface area contributed by atoms with Gasteiger partial charge in [-0.3, -0.25) is 19.7 Å². The van der Waals surface area contributed by atoms with Crippen LogP contribution in [0.15, 0.2) is 18.2 Å². The molecule has 0 bridgehead atoms. The van der Waals surface area contributed by atoms with Crippen molar-refractivity contribution in [1.82, 2.24) is 5.32 Å². The normalized spacial score (nSPS) is 18.5. The third-order valence-corrected chi connectivity index (χ3v) is 4.35. The molecule has 1 aromatic rings. The zero-order valence-electron chi connectivity index (χ0n) is 14.4. The van der Waals surface area contributed by atoms with Crippen LogP contribution in [0.25, 0.3) is 0 Å². The Kier molecular flexibility index (Phi) is 5.66. The minimum atomic E-state index is -2.89. The lowest BCUT2D eigenvalue weighted by Crippen LogP contribution is -2.50. The van der Waals surface area contributed by atoms with E-state index in [4.69, 9.17) is 10.5 Å². The Balaban J connectivity index is 1.80. The monoisotopic (exact) mass is 382 g/mol. The zero-order chi connectivity index (χ0) is 19.6. The van der Waals surface area contributed by atoms with Gasteiger partial charge in [0, 0.05) is 29.5 Å². The second-order valence-electron chi connectivity index (χ2n) is 6.44. The average Bonchev–Trinajstić information content (AvgIpc) is 3.44. The Morgan fingerprint density at radius 2 is 2.04 bits per heavy atom. The van der Waals surface area contributed by atoms with Gasteiger partial charge < -0.3 is 20.7 Å². The highest BCUT2D eigenvalue weighted by atomic mass is 19.3. The summed E-state index contributed by atoms with van der Waals surface area (Å²) < 4.78 is 32.1. The number of benzene rings is 1. The number of ether oxygens (including phenoxy) is 1. The minimum absolute atomic E-state index is 0.0255. The van der Waals surface area contributed by atoms with Crippen molar-refractivity contribution < 1.29 is 27.9 Å². The molecule has 2 aliphatic rings. The molecular weight excluding hydrogens is 362 g/mol. The fourth-order valence-corrected chi connectivity index (χ4v) is 2.78. The van der Waals surface area contributed by atoms with Gasteiger partial charge in [0.25, 0.3) is 18.2 Å². The number of halogens is 2. The molecule has 0 unspecified atom stereocenters. The van der Waals surface area contributed by atoms with Gasteiger partial charge >= 0.3 is 0 Å². The van der Waals surface area contributed by atoms with Crippen LogP contribution in [0.3, 0.4) is 0 Å². The first-order valence-electron chi connectivity index (χ1n) is 8.53. The van der Waals surface area contributed by atoms with Gasteiger partial charge in [0.1, 0.15) is 6.61 Å². The Hall–Kier alpha value is -2.59. The summed E-state index contributed by atoms with van der Waals surface area (Å²) >= 11 is 0. The second kappa shape index (κ2) is 7.97. The number of morpholine rings is 1. The molecule has 10 heteroatoms. The quantitative estimate of drug-likeness (QED) is 0.596. The number of nitrogens with one attached hydrogen (secondary N) is 2. The number of anilines is 2. The van der Waals surface area contributed by atoms with E-state index in [1.54, 1.807) is 0 Å². The van der Waals surface area contributed by atoms with Crippen LogP contribution in [-0.4, -0.2) is 49.6 Å². The van der Waals surface area contributed by atoms with Gasteiger partial charge in [0.15, 0.2) is 6.04 Å². The number of hydrogen-bond acceptors (Lipinski definition) is 5. The van der Waals surface area contributed by atoms with E-state index in [0.29, 0.717) is 12.3 Å². The first-order chi connectivity index (χ1) is 12.9. The molecule has 0 radical (unpaired) electrons. The van der Waals surface area contributed by atoms with Gasteiger partial charge in [0.2, 0.25) is 5.91 Å². The lowest BCUT2D eigenvalue weighted by atomic mass is 10.1. The summed E-state index contributed by atoms with van der Waals surface area (Å²) in [7, 11) is 0. The Morgan fingerprint density at radius 1 is 1.30 bits per heavy atom. The summed E-state index contributed by atoms with van der Waals surface area (Å²) in [4.78, 5) is 37.1. The summed E-state index contributed by atoms with van der Waals surface area (Å²) in [5.41, 5.74) is 4.94. The summed E-state index contributed by atoms with van der Waals surface area (Å²) in [6.07, 6.45) is -1.25. The van der Waals surface area contributed by atoms with Crippen molar-refractivity contribution in [2.45, 2.75) is 31.4 Å². The van der Waals surface area contributed by atoms with Crippen LogP contribution < -0.4 is 21.3 Å². The van der Waals surface area contributed by atoms with Gasteiger partial charge in [0.05, 0.1) is 6.61 Å². The lowest BCUT2D eigenvalue weighted by molar-refractivity contribution is -0.128. The van der Waals surface area contributed by atoms with Crippen molar-refractivity contribution in [3.8, 4) is 0 Å². The van der Waals surface area contributed by atoms with Crippen molar-refractivity contribution >= 4 is 29.1 Å². The lowest BCUT2D eigenvalue weighted by Gasteiger charge is -2.27. The predicted molar refractivity (Wildman–Crippen MR) is 92.3 cm³/mol. The first-order valence-corrected chi connectivity index (χ1v) is 8.53. The molecule has 3 rings (SSSR count). The average molecular weight is 382 g/mol. The number of rotatable bonds is 7. The predicted octanol–water partition coefficient (Wildman–Crippen LogP) is 0.532. The molecule has 146 valence electrons. The van der Waals surface area contributed by atoms with Gasteiger partial charge in [-0.1, -0.05) is 0 Å². The maximum Gasteiger partial charge on any atom is 0.265 e. The van der Waals surface area contributed by atoms with E-state index in [-0.39, 0.29) is 30.8 Å². The molecule has 1 heterocycles. The molecular formula is C17H20F2N4O4. The smallest absolute Gasteiger partial charge is 0.265 e. The Morgan fingerprint density at radius 3 is 2.63 bits per heavy atom. The van der Waals surface area contributed by atoms with Gasteiger partial charge in [-0.05, 0) is 31.0 Å². The SMILES string of the molecule is NC(=O)[C@@H](NC1CC1)C(=O)Nc1ccc(N2CCOCC2=O)cc1C(F)F. The largest absolute Gasteiger partial charge is 0.370 e. The molecule has 0 spiro atoms. The molecule has 3 amide bonds. The van der Waals surface area contributed by atoms with Gasteiger partial charge in [-0.25, -0.2) is 8.78 Å². The number of primary amides is 1. The zero-order valence-corrected chi connectivity index (χ0v) is 14.4. The summed E-state index contributed by atoms with van der Waals surface area (Å²) in [6.45, 7) is 0.444. The van der Waals surface area contributed by atoms with Crippen molar-refractivity contribution in [2.24, 2.45) is 5.73 Å². The molecule has 1 atom stereocenters. The number of carbonyl (C=O) groups is 3. The summed E-state index contributed by atoms with van der Waals surface area (Å²) in [6, 6.07) is 2.61. The molecule has 1 aliphatic carbocycles. The van der Waals surface area contributed by atoms with Crippen molar-refractivity contribution in [3.05, 3.63) is 23.8 Å². The van der Waals surface area contributed by atoms with Crippen LogP contribution in [0.1, 0.15) is 24.8 Å². The number of alkyl halides is 2. The first kappa shape index (κ1) is 19.2. The van der Waals surface area contributed by atoms with E-state index in [1.165, 1.54) is 17.0 Å². The highest BCUT2D eigenvalue weighted by molar-refractivity contribution is 6.10. The number of carbonyl (C=O) groups excluding carboxylic acids is 3. The molecule has 1 saturated heterocycles. The van der Waals surface area contributed by atoms with Crippen LogP contribution in [0.2, 0.25) is 0 Å². The van der Waals surface area contributed by atoms with E-state index in [2.05, 4.69) is 10.6 Å². The molecule has 1 aliphatic heterocycles. The summed E-state index contributed by atoms with van der Waals surface area (Å²) in [5.74, 6) is -2.01. The summed E-state index contributed by atoms with van der Waals surface area (Å²) in [5, 5.41) is 5.12. The molecule has 4 N–H and O–H groups in total. The number of nitrogens with zero attached hydrogens (tertiary/aromatic N) is 1. The Labute approximate surface area is 154 Å². The third-order valence-electron chi connectivity index (χ3n) is 4.35. The van der Waals surface area contributed by atoms with E-state index < -0.39 is 29.8 Å². The number of amides is 3. The molecule has 0 aromatic heterocycles. The Bertz CT molecular complexity index is 754. The molecule has 27 heavy (non-hydrogen) atoms. The topological polar surface area (TPSA) is 114 Å². The van der Waals surface area contributed by atoms with Gasteiger partial charge in [-0.15, -0.1) is 0 Å². The number of hydrogen-bond donors (Lipinski definition) is 3. The van der Waals surface area contributed by atoms with Crippen molar-refractivity contribution in [1.29, 1.82) is 0 Å². The highest BCUT2D eigenvalue weighted by Gasteiger charge is 2.32. The van der Waals surface area contributed by atoms with E-state index in [9.17, 15) is 23.2 Å². The highest BCUT2D eigenvalue weighted by Crippen LogP contribution is 2.32. The second-order valence-corrected chi connectivity index (χ2v) is 6.44. The standard InChI is InChI=1S/C17H20F2N4O4/c18-15(19)11-7-10(23-5-6-27-8-13(23)24)3-4-12(11)22-17(26)14(16(20)25)21-9-1-2-9/h3-4,7,9,14-15,21H,1-2,5-6,8H2,(H2,20,25)(H,22,26)/t14-/m1/s1. The van der Waals surface area contributed by atoms with E-state index in [1.807, 2.05) is 0 Å². The molecule has 8 nitrogen and oxygen atoms in total. The van der Waals surface area contributed by atoms with Crippen molar-refractivity contribution in [3.63, 3.8) is 0 Å². The maximum absolute atomic E-state index is 13.5. The van der Waals surface area contributed by atoms with Crippen LogP contribution in [0.4, 0.5) is 20.2 Å². The van der Waals surface area contributed by atoms with E-state index >= 15 is 0 Å². The molecule has 1 aromatic carbocycles. The maximum atomic E-state index is 13.5. The van der Waals surface area contributed by atoms with Crippen LogP contribution >= 0.6 is 0 Å². The fourth-order valence-electron chi connectivity index (χ4n) is 2.78. The van der Waals surface area contributed by atoms with Crippen LogP contribution in [0, 0.1) is 0 Å². The molecule has 2 fully saturated rings. The fraction of sp³-hybridized carbons (Fsp3) is 0.471. The third kappa shape index (κ3) is 4.58.